The number of benzene rings is 1. The first kappa shape index (κ1) is 16.0. The van der Waals surface area contributed by atoms with E-state index in [1.54, 1.807) is 11.8 Å². The van der Waals surface area contributed by atoms with Gasteiger partial charge in [0, 0.05) is 23.5 Å². The summed E-state index contributed by atoms with van der Waals surface area (Å²) in [5.74, 6) is 1.98. The van der Waals surface area contributed by atoms with Crippen LogP contribution < -0.4 is 16.4 Å². The number of nitrogens with zero attached hydrogens (tertiary/aromatic N) is 4. The van der Waals surface area contributed by atoms with E-state index in [9.17, 15) is 5.11 Å². The lowest BCUT2D eigenvalue weighted by Gasteiger charge is -2.32. The molecule has 130 valence electrons. The van der Waals surface area contributed by atoms with Crippen LogP contribution in [0, 0.1) is 6.92 Å². The molecule has 8 nitrogen and oxygen atoms in total. The van der Waals surface area contributed by atoms with Crippen molar-refractivity contribution in [3.8, 4) is 11.4 Å². The second-order valence-electron chi connectivity index (χ2n) is 6.02. The molecule has 0 aliphatic carbocycles. The fourth-order valence-electron chi connectivity index (χ4n) is 3.04. The molecule has 4 rings (SSSR count). The van der Waals surface area contributed by atoms with Crippen LogP contribution in [-0.2, 0) is 0 Å². The molecule has 1 unspecified atom stereocenters. The molecule has 9 heteroatoms. The molecule has 1 aliphatic heterocycles. The van der Waals surface area contributed by atoms with Crippen LogP contribution in [0.2, 0.25) is 0 Å². The summed E-state index contributed by atoms with van der Waals surface area (Å²) in [6.45, 7) is 3.60. The van der Waals surface area contributed by atoms with Crippen molar-refractivity contribution in [1.29, 1.82) is 0 Å². The van der Waals surface area contributed by atoms with E-state index >= 15 is 0 Å². The SMILES string of the molecule is Cc1cc(N2CCSC(O)C2)ccc1-c1nc2c(N)nc(N)nc2[nH]1. The Labute approximate surface area is 148 Å². The van der Waals surface area contributed by atoms with Gasteiger partial charge >= 0.3 is 0 Å². The molecule has 3 heterocycles. The predicted molar refractivity (Wildman–Crippen MR) is 101 cm³/mol. The summed E-state index contributed by atoms with van der Waals surface area (Å²) in [5.41, 5.74) is 15.4. The maximum Gasteiger partial charge on any atom is 0.224 e. The van der Waals surface area contributed by atoms with Crippen molar-refractivity contribution in [3.05, 3.63) is 23.8 Å². The zero-order valence-corrected chi connectivity index (χ0v) is 14.5. The lowest BCUT2D eigenvalue weighted by molar-refractivity contribution is 0.264. The number of aliphatic hydroxyl groups excluding tert-OH is 1. The van der Waals surface area contributed by atoms with Gasteiger partial charge in [-0.15, -0.1) is 11.8 Å². The number of hydrogen-bond donors (Lipinski definition) is 4. The Balaban J connectivity index is 1.70. The van der Waals surface area contributed by atoms with Gasteiger partial charge in [0.1, 0.15) is 11.3 Å². The Bertz CT molecular complexity index is 942. The minimum Gasteiger partial charge on any atom is -0.382 e. The van der Waals surface area contributed by atoms with Gasteiger partial charge in [-0.1, -0.05) is 0 Å². The number of fused-ring (bicyclic) bond motifs is 1. The number of hydrogen-bond acceptors (Lipinski definition) is 8. The first-order valence-electron chi connectivity index (χ1n) is 7.95. The third kappa shape index (κ3) is 2.96. The second kappa shape index (κ2) is 6.08. The van der Waals surface area contributed by atoms with E-state index < -0.39 is 0 Å². The monoisotopic (exact) mass is 357 g/mol. The summed E-state index contributed by atoms with van der Waals surface area (Å²) in [6.07, 6.45) is 0. The van der Waals surface area contributed by atoms with Crippen molar-refractivity contribution in [1.82, 2.24) is 19.9 Å². The fourth-order valence-corrected chi connectivity index (χ4v) is 3.93. The highest BCUT2D eigenvalue weighted by Crippen LogP contribution is 2.30. The smallest absolute Gasteiger partial charge is 0.224 e. The van der Waals surface area contributed by atoms with Crippen LogP contribution in [0.1, 0.15) is 5.56 Å². The van der Waals surface area contributed by atoms with Gasteiger partial charge in [-0.2, -0.15) is 9.97 Å². The molecular weight excluding hydrogens is 338 g/mol. The van der Waals surface area contributed by atoms with E-state index in [0.29, 0.717) is 23.5 Å². The zero-order valence-electron chi connectivity index (χ0n) is 13.7. The Kier molecular flexibility index (Phi) is 3.89. The Morgan fingerprint density at radius 1 is 1.28 bits per heavy atom. The largest absolute Gasteiger partial charge is 0.382 e. The number of aliphatic hydroxyl groups is 1. The molecule has 0 amide bonds. The van der Waals surface area contributed by atoms with E-state index in [1.165, 1.54) is 0 Å². The molecule has 0 spiro atoms. The number of nitrogens with two attached hydrogens (primary N) is 2. The van der Waals surface area contributed by atoms with Gasteiger partial charge < -0.3 is 26.5 Å². The van der Waals surface area contributed by atoms with Gasteiger partial charge in [0.15, 0.2) is 17.0 Å². The lowest BCUT2D eigenvalue weighted by Crippen LogP contribution is -2.37. The molecule has 3 aromatic rings. The Morgan fingerprint density at radius 3 is 2.88 bits per heavy atom. The molecule has 6 N–H and O–H groups in total. The summed E-state index contributed by atoms with van der Waals surface area (Å²) in [5, 5.41) is 9.84. The van der Waals surface area contributed by atoms with Crippen molar-refractivity contribution < 1.29 is 5.11 Å². The number of aromatic nitrogens is 4. The molecule has 0 radical (unpaired) electrons. The number of β-amino-alcohol motifs (C(OH)–C–C–N with tert-alkyl or cyclic N) is 1. The minimum absolute atomic E-state index is 0.119. The first-order chi connectivity index (χ1) is 12.0. The van der Waals surface area contributed by atoms with Crippen LogP contribution >= 0.6 is 11.8 Å². The van der Waals surface area contributed by atoms with Crippen LogP contribution in [0.25, 0.3) is 22.6 Å². The van der Waals surface area contributed by atoms with Gasteiger partial charge in [-0.3, -0.25) is 0 Å². The lowest BCUT2D eigenvalue weighted by atomic mass is 10.1. The third-order valence-electron chi connectivity index (χ3n) is 4.27. The van der Waals surface area contributed by atoms with Crippen molar-refractivity contribution in [2.75, 3.05) is 35.2 Å². The number of imidazole rings is 1. The number of nitrogen functional groups attached to an aromatic ring is 2. The summed E-state index contributed by atoms with van der Waals surface area (Å²) in [4.78, 5) is 18.0. The highest BCUT2D eigenvalue weighted by molar-refractivity contribution is 7.99. The predicted octanol–water partition coefficient (Wildman–Crippen LogP) is 1.36. The molecule has 1 aromatic carbocycles. The summed E-state index contributed by atoms with van der Waals surface area (Å²) in [6, 6.07) is 6.17. The second-order valence-corrected chi connectivity index (χ2v) is 7.31. The quantitative estimate of drug-likeness (QED) is 0.541. The maximum atomic E-state index is 9.84. The van der Waals surface area contributed by atoms with Gasteiger partial charge in [0.2, 0.25) is 5.95 Å². The van der Waals surface area contributed by atoms with Crippen molar-refractivity contribution in [2.45, 2.75) is 12.4 Å². The van der Waals surface area contributed by atoms with Gasteiger partial charge in [-0.05, 0) is 30.7 Å². The number of anilines is 3. The van der Waals surface area contributed by atoms with Crippen molar-refractivity contribution in [2.24, 2.45) is 0 Å². The highest BCUT2D eigenvalue weighted by atomic mass is 32.2. The molecule has 1 atom stereocenters. The number of aromatic amines is 1. The summed E-state index contributed by atoms with van der Waals surface area (Å²) >= 11 is 1.59. The Morgan fingerprint density at radius 2 is 2.12 bits per heavy atom. The number of nitrogens with one attached hydrogen (secondary N) is 1. The average molecular weight is 357 g/mol. The normalized spacial score (nSPS) is 18.0. The third-order valence-corrected chi connectivity index (χ3v) is 5.22. The van der Waals surface area contributed by atoms with Gasteiger partial charge in [0.05, 0.1) is 6.54 Å². The Hall–Kier alpha value is -2.52. The van der Waals surface area contributed by atoms with Gasteiger partial charge in [0.25, 0.3) is 0 Å². The van der Waals surface area contributed by atoms with E-state index in [-0.39, 0.29) is 17.2 Å². The van der Waals surface area contributed by atoms with Crippen LogP contribution in [0.5, 0.6) is 0 Å². The highest BCUT2D eigenvalue weighted by Gasteiger charge is 2.19. The summed E-state index contributed by atoms with van der Waals surface area (Å²) < 4.78 is 0. The summed E-state index contributed by atoms with van der Waals surface area (Å²) in [7, 11) is 0. The van der Waals surface area contributed by atoms with E-state index in [4.69, 9.17) is 11.5 Å². The zero-order chi connectivity index (χ0) is 17.6. The van der Waals surface area contributed by atoms with E-state index in [2.05, 4.69) is 30.9 Å². The first-order valence-corrected chi connectivity index (χ1v) is 9.00. The van der Waals surface area contributed by atoms with Crippen LogP contribution in [0.4, 0.5) is 17.5 Å². The maximum absolute atomic E-state index is 9.84. The number of H-pyrrole nitrogens is 1. The topological polar surface area (TPSA) is 130 Å². The van der Waals surface area contributed by atoms with E-state index in [1.807, 2.05) is 19.1 Å². The number of rotatable bonds is 2. The number of thioether (sulfide) groups is 1. The van der Waals surface area contributed by atoms with Crippen LogP contribution in [0.15, 0.2) is 18.2 Å². The number of aryl methyl sites for hydroxylation is 1. The standard InChI is InChI=1S/C16H19N7OS/c1-8-6-9(23-4-5-25-11(24)7-23)2-3-10(8)14-19-12-13(17)20-16(18)22-15(12)21-14/h2-3,6,11,24H,4-5,7H2,1H3,(H5,17,18,19,20,21,22). The minimum atomic E-state index is -0.337. The fraction of sp³-hybridized carbons (Fsp3) is 0.312. The van der Waals surface area contributed by atoms with Crippen molar-refractivity contribution >= 4 is 40.4 Å². The van der Waals surface area contributed by atoms with Crippen LogP contribution in [0.3, 0.4) is 0 Å². The van der Waals surface area contributed by atoms with Crippen molar-refractivity contribution in [3.63, 3.8) is 0 Å². The molecule has 0 saturated carbocycles. The van der Waals surface area contributed by atoms with Crippen LogP contribution in [-0.4, -0.2) is 49.3 Å². The molecule has 1 fully saturated rings. The molecule has 25 heavy (non-hydrogen) atoms. The molecule has 1 aliphatic rings. The molecule has 2 aromatic heterocycles. The van der Waals surface area contributed by atoms with Gasteiger partial charge in [-0.25, -0.2) is 4.98 Å². The average Bonchev–Trinajstić information content (AvgIpc) is 2.98. The van der Waals surface area contributed by atoms with E-state index in [0.717, 1.165) is 29.1 Å². The molecular formula is C16H19N7OS. The molecule has 1 saturated heterocycles. The molecule has 0 bridgehead atoms.